The first-order chi connectivity index (χ1) is 17.2. The lowest BCUT2D eigenvalue weighted by Gasteiger charge is -2.32. The van der Waals surface area contributed by atoms with Crippen LogP contribution in [0.4, 0.5) is 5.13 Å². The van der Waals surface area contributed by atoms with Crippen molar-refractivity contribution in [2.24, 2.45) is 0 Å². The molecule has 1 aromatic heterocycles. The Morgan fingerprint density at radius 2 is 1.89 bits per heavy atom. The summed E-state index contributed by atoms with van der Waals surface area (Å²) in [5.41, 5.74) is 1.16. The number of thiazole rings is 1. The second kappa shape index (κ2) is 11.2. The Bertz CT molecular complexity index is 1310. The molecule has 0 saturated carbocycles. The maximum absolute atomic E-state index is 13.6. The number of amides is 1. The van der Waals surface area contributed by atoms with Crippen molar-refractivity contribution in [2.45, 2.75) is 44.0 Å². The van der Waals surface area contributed by atoms with Crippen LogP contribution in [0, 0.1) is 0 Å². The van der Waals surface area contributed by atoms with Crippen molar-refractivity contribution in [1.29, 1.82) is 0 Å². The Hall–Kier alpha value is -2.53. The van der Waals surface area contributed by atoms with Gasteiger partial charge in [0.05, 0.1) is 16.2 Å². The van der Waals surface area contributed by atoms with Gasteiger partial charge in [0.15, 0.2) is 5.13 Å². The molecule has 1 aliphatic rings. The molecule has 1 fully saturated rings. The average Bonchev–Trinajstić information content (AvgIpc) is 3.29. The van der Waals surface area contributed by atoms with Crippen molar-refractivity contribution in [3.63, 3.8) is 0 Å². The number of sulfonamides is 1. The molecule has 0 aliphatic carbocycles. The third-order valence-electron chi connectivity index (χ3n) is 6.37. The minimum atomic E-state index is -3.60. The minimum Gasteiger partial charge on any atom is -0.492 e. The van der Waals surface area contributed by atoms with Gasteiger partial charge in [-0.05, 0) is 77.2 Å². The van der Waals surface area contributed by atoms with E-state index < -0.39 is 10.0 Å². The van der Waals surface area contributed by atoms with Gasteiger partial charge >= 0.3 is 0 Å². The Morgan fingerprint density at radius 1 is 1.14 bits per heavy atom. The normalized spacial score (nSPS) is 17.0. The monoisotopic (exact) mass is 530 g/mol. The lowest BCUT2D eigenvalue weighted by atomic mass is 10.1. The molecule has 0 bridgehead atoms. The van der Waals surface area contributed by atoms with Crippen molar-refractivity contribution in [2.75, 3.05) is 45.2 Å². The molecule has 2 aromatic carbocycles. The van der Waals surface area contributed by atoms with E-state index in [4.69, 9.17) is 9.72 Å². The predicted octanol–water partition coefficient (Wildman–Crippen LogP) is 4.47. The largest absolute Gasteiger partial charge is 0.492 e. The summed E-state index contributed by atoms with van der Waals surface area (Å²) >= 11 is 1.44. The second-order valence-electron chi connectivity index (χ2n) is 9.28. The number of hydrogen-bond donors (Lipinski definition) is 0. The van der Waals surface area contributed by atoms with Crippen molar-refractivity contribution >= 4 is 42.6 Å². The topological polar surface area (TPSA) is 83.0 Å². The number of para-hydroxylation sites is 1. The van der Waals surface area contributed by atoms with Crippen LogP contribution in [0.3, 0.4) is 0 Å². The number of likely N-dealkylation sites (N-methyl/N-ethyl adjacent to an activating group) is 1. The Balaban J connectivity index is 1.63. The van der Waals surface area contributed by atoms with Gasteiger partial charge in [-0.15, -0.1) is 0 Å². The van der Waals surface area contributed by atoms with Gasteiger partial charge in [0, 0.05) is 31.2 Å². The molecule has 0 spiro atoms. The first kappa shape index (κ1) is 26.5. The summed E-state index contributed by atoms with van der Waals surface area (Å²) in [6.07, 6.45) is 2.78. The number of nitrogens with zero attached hydrogens (tertiary/aromatic N) is 4. The number of rotatable bonds is 9. The van der Waals surface area contributed by atoms with E-state index in [2.05, 4.69) is 0 Å². The van der Waals surface area contributed by atoms with E-state index in [1.165, 1.54) is 11.3 Å². The first-order valence-electron chi connectivity index (χ1n) is 12.3. The van der Waals surface area contributed by atoms with Crippen LogP contribution in [0.5, 0.6) is 5.75 Å². The zero-order valence-corrected chi connectivity index (χ0v) is 22.9. The Morgan fingerprint density at radius 3 is 2.56 bits per heavy atom. The summed E-state index contributed by atoms with van der Waals surface area (Å²) in [5, 5.41) is 0.586. The quantitative estimate of drug-likeness (QED) is 0.406. The van der Waals surface area contributed by atoms with Gasteiger partial charge in [-0.3, -0.25) is 9.69 Å². The highest BCUT2D eigenvalue weighted by Crippen LogP contribution is 2.35. The number of aromatic nitrogens is 1. The van der Waals surface area contributed by atoms with Crippen molar-refractivity contribution in [3.05, 3.63) is 48.0 Å². The van der Waals surface area contributed by atoms with Crippen LogP contribution >= 0.6 is 11.3 Å². The number of carbonyl (C=O) groups excluding carboxylic acids is 1. The van der Waals surface area contributed by atoms with E-state index in [0.29, 0.717) is 42.7 Å². The summed E-state index contributed by atoms with van der Waals surface area (Å²) in [5.74, 6) is 0.475. The van der Waals surface area contributed by atoms with Crippen LogP contribution in [-0.2, 0) is 10.0 Å². The highest BCUT2D eigenvalue weighted by molar-refractivity contribution is 7.89. The molecule has 8 nitrogen and oxygen atoms in total. The third-order valence-corrected chi connectivity index (χ3v) is 9.44. The predicted molar refractivity (Wildman–Crippen MR) is 145 cm³/mol. The van der Waals surface area contributed by atoms with Gasteiger partial charge < -0.3 is 9.64 Å². The number of benzene rings is 2. The van der Waals surface area contributed by atoms with Gasteiger partial charge in [-0.1, -0.05) is 23.8 Å². The van der Waals surface area contributed by atoms with Crippen LogP contribution in [0.25, 0.3) is 10.2 Å². The van der Waals surface area contributed by atoms with E-state index in [1.54, 1.807) is 33.5 Å². The summed E-state index contributed by atoms with van der Waals surface area (Å²) in [6, 6.07) is 12.0. The van der Waals surface area contributed by atoms with E-state index in [9.17, 15) is 13.2 Å². The van der Waals surface area contributed by atoms with E-state index >= 15 is 0 Å². The summed E-state index contributed by atoms with van der Waals surface area (Å²) in [7, 11) is 0.310. The molecule has 1 aliphatic heterocycles. The van der Waals surface area contributed by atoms with Gasteiger partial charge in [0.25, 0.3) is 5.91 Å². The maximum atomic E-state index is 13.6. The van der Waals surface area contributed by atoms with Gasteiger partial charge in [-0.25, -0.2) is 13.4 Å². The summed E-state index contributed by atoms with van der Waals surface area (Å²) in [4.78, 5) is 22.3. The molecule has 1 unspecified atom stereocenters. The van der Waals surface area contributed by atoms with Gasteiger partial charge in [0.2, 0.25) is 10.0 Å². The number of carbonyl (C=O) groups is 1. The van der Waals surface area contributed by atoms with Crippen LogP contribution < -0.4 is 9.64 Å². The van der Waals surface area contributed by atoms with Crippen LogP contribution in [0.1, 0.15) is 43.5 Å². The number of anilines is 1. The standard InChI is InChI=1S/C26H34N4O4S2/c1-5-34-22-10-8-11-23-24(22)27-26(35-23)29(18-17-28(3)4)25(31)20-12-14-21(15-13-20)36(32,33)30-16-7-6-9-19(30)2/h8,10-15,19H,5-7,9,16-18H2,1-4H3. The van der Waals surface area contributed by atoms with Gasteiger partial charge in [0.1, 0.15) is 11.3 Å². The Labute approximate surface area is 217 Å². The van der Waals surface area contributed by atoms with Crippen LogP contribution in [-0.4, -0.2) is 74.9 Å². The number of hydrogen-bond acceptors (Lipinski definition) is 7. The van der Waals surface area contributed by atoms with Crippen molar-refractivity contribution in [1.82, 2.24) is 14.2 Å². The highest BCUT2D eigenvalue weighted by atomic mass is 32.2. The molecule has 194 valence electrons. The molecule has 1 atom stereocenters. The van der Waals surface area contributed by atoms with Crippen LogP contribution in [0.2, 0.25) is 0 Å². The fourth-order valence-electron chi connectivity index (χ4n) is 4.37. The molecule has 1 saturated heterocycles. The summed E-state index contributed by atoms with van der Waals surface area (Å²) < 4.78 is 34.6. The molecule has 36 heavy (non-hydrogen) atoms. The molecule has 3 aromatic rings. The van der Waals surface area contributed by atoms with Gasteiger partial charge in [-0.2, -0.15) is 4.31 Å². The summed E-state index contributed by atoms with van der Waals surface area (Å²) in [6.45, 7) is 6.03. The highest BCUT2D eigenvalue weighted by Gasteiger charge is 2.31. The Kier molecular flexibility index (Phi) is 8.29. The third kappa shape index (κ3) is 5.56. The SMILES string of the molecule is CCOc1cccc2sc(N(CCN(C)C)C(=O)c3ccc(S(=O)(=O)N4CCCCC4C)cc3)nc12. The second-order valence-corrected chi connectivity index (χ2v) is 12.2. The lowest BCUT2D eigenvalue weighted by Crippen LogP contribution is -2.41. The molecular formula is C26H34N4O4S2. The maximum Gasteiger partial charge on any atom is 0.260 e. The average molecular weight is 531 g/mol. The molecule has 0 radical (unpaired) electrons. The number of fused-ring (bicyclic) bond motifs is 1. The molecule has 4 rings (SSSR count). The first-order valence-corrected chi connectivity index (χ1v) is 14.6. The zero-order valence-electron chi connectivity index (χ0n) is 21.3. The molecule has 2 heterocycles. The minimum absolute atomic E-state index is 0.0211. The van der Waals surface area contributed by atoms with E-state index in [1.807, 2.05) is 51.0 Å². The van der Waals surface area contributed by atoms with Crippen LogP contribution in [0.15, 0.2) is 47.4 Å². The molecular weight excluding hydrogens is 496 g/mol. The lowest BCUT2D eigenvalue weighted by molar-refractivity contribution is 0.0985. The zero-order chi connectivity index (χ0) is 25.9. The molecule has 1 amide bonds. The smallest absolute Gasteiger partial charge is 0.260 e. The number of ether oxygens (including phenoxy) is 1. The van der Waals surface area contributed by atoms with E-state index in [0.717, 1.165) is 29.5 Å². The fourth-order valence-corrected chi connectivity index (χ4v) is 7.08. The molecule has 0 N–H and O–H groups in total. The molecule has 10 heteroatoms. The van der Waals surface area contributed by atoms with E-state index in [-0.39, 0.29) is 16.8 Å². The number of piperidine rings is 1. The van der Waals surface area contributed by atoms with Crippen molar-refractivity contribution in [3.8, 4) is 5.75 Å². The fraction of sp³-hybridized carbons (Fsp3) is 0.462. The van der Waals surface area contributed by atoms with Crippen molar-refractivity contribution < 1.29 is 17.9 Å².